The summed E-state index contributed by atoms with van der Waals surface area (Å²) in [4.78, 5) is 11.5. The molecule has 0 saturated carbocycles. The summed E-state index contributed by atoms with van der Waals surface area (Å²) in [6, 6.07) is 4.14. The third-order valence-corrected chi connectivity index (χ3v) is 2.88. The fourth-order valence-electron chi connectivity index (χ4n) is 1.64. The van der Waals surface area contributed by atoms with Gasteiger partial charge in [-0.25, -0.2) is 4.39 Å². The molecule has 20 heavy (non-hydrogen) atoms. The molecule has 110 valence electrons. The minimum atomic E-state index is -0.404. The quantitative estimate of drug-likeness (QED) is 0.426. The van der Waals surface area contributed by atoms with Crippen LogP contribution < -0.4 is 4.74 Å². The van der Waals surface area contributed by atoms with E-state index in [1.54, 1.807) is 6.92 Å². The standard InChI is InChI=1S/C15H18BrFO3/c1-3-13(7-8-16)20-14-6-5-12(17)9-11(14)10-15(18)19-4-2/h5-7,9H,3-4,8,10H2,1-2H3/b13-7+. The topological polar surface area (TPSA) is 35.5 Å². The van der Waals surface area contributed by atoms with Gasteiger partial charge in [-0.3, -0.25) is 4.79 Å². The third kappa shape index (κ3) is 5.33. The highest BCUT2D eigenvalue weighted by Gasteiger charge is 2.12. The maximum absolute atomic E-state index is 13.3. The number of esters is 1. The van der Waals surface area contributed by atoms with E-state index >= 15 is 0 Å². The van der Waals surface area contributed by atoms with Crippen molar-refractivity contribution in [1.29, 1.82) is 0 Å². The van der Waals surface area contributed by atoms with Gasteiger partial charge >= 0.3 is 5.97 Å². The van der Waals surface area contributed by atoms with Crippen molar-refractivity contribution in [2.45, 2.75) is 26.7 Å². The zero-order chi connectivity index (χ0) is 15.0. The molecule has 3 nitrogen and oxygen atoms in total. The van der Waals surface area contributed by atoms with Crippen LogP contribution in [0.4, 0.5) is 4.39 Å². The highest BCUT2D eigenvalue weighted by atomic mass is 79.9. The van der Waals surface area contributed by atoms with E-state index in [9.17, 15) is 9.18 Å². The van der Waals surface area contributed by atoms with Gasteiger partial charge in [-0.1, -0.05) is 22.9 Å². The summed E-state index contributed by atoms with van der Waals surface area (Å²) in [6.45, 7) is 3.99. The van der Waals surface area contributed by atoms with Gasteiger partial charge in [0.15, 0.2) is 0 Å². The van der Waals surface area contributed by atoms with Crippen LogP contribution in [-0.2, 0) is 16.0 Å². The predicted octanol–water partition coefficient (Wildman–Crippen LogP) is 4.00. The number of halogens is 2. The number of benzene rings is 1. The highest BCUT2D eigenvalue weighted by molar-refractivity contribution is 9.09. The van der Waals surface area contributed by atoms with Gasteiger partial charge in [0, 0.05) is 17.3 Å². The Morgan fingerprint density at radius 3 is 2.75 bits per heavy atom. The van der Waals surface area contributed by atoms with Crippen molar-refractivity contribution in [1.82, 2.24) is 0 Å². The maximum Gasteiger partial charge on any atom is 0.310 e. The average molecular weight is 345 g/mol. The molecule has 0 heterocycles. The maximum atomic E-state index is 13.3. The van der Waals surface area contributed by atoms with Crippen LogP contribution in [0.1, 0.15) is 25.8 Å². The lowest BCUT2D eigenvalue weighted by Gasteiger charge is -2.12. The van der Waals surface area contributed by atoms with Crippen LogP contribution in [-0.4, -0.2) is 17.9 Å². The first-order valence-corrected chi connectivity index (χ1v) is 7.59. The molecule has 0 spiro atoms. The first-order chi connectivity index (χ1) is 9.60. The average Bonchev–Trinajstić information content (AvgIpc) is 2.41. The molecule has 0 unspecified atom stereocenters. The van der Waals surface area contributed by atoms with Gasteiger partial charge in [-0.05, 0) is 31.2 Å². The molecule has 0 atom stereocenters. The Kier molecular flexibility index (Phi) is 7.30. The summed E-state index contributed by atoms with van der Waals surface area (Å²) >= 11 is 3.30. The summed E-state index contributed by atoms with van der Waals surface area (Å²) in [6.07, 6.45) is 2.59. The fourth-order valence-corrected chi connectivity index (χ4v) is 2.00. The summed E-state index contributed by atoms with van der Waals surface area (Å²) in [5, 5.41) is 0.671. The molecule has 0 aromatic heterocycles. The van der Waals surface area contributed by atoms with Gasteiger partial charge in [0.1, 0.15) is 17.3 Å². The lowest BCUT2D eigenvalue weighted by atomic mass is 10.1. The van der Waals surface area contributed by atoms with Gasteiger partial charge in [0.05, 0.1) is 13.0 Å². The van der Waals surface area contributed by atoms with Gasteiger partial charge in [-0.15, -0.1) is 0 Å². The second-order valence-electron chi connectivity index (χ2n) is 4.01. The van der Waals surface area contributed by atoms with Crippen LogP contribution in [0.5, 0.6) is 5.75 Å². The Morgan fingerprint density at radius 2 is 2.15 bits per heavy atom. The van der Waals surface area contributed by atoms with Crippen molar-refractivity contribution in [3.8, 4) is 5.75 Å². The van der Waals surface area contributed by atoms with Crippen LogP contribution in [0.15, 0.2) is 30.0 Å². The molecule has 0 fully saturated rings. The van der Waals surface area contributed by atoms with E-state index in [2.05, 4.69) is 15.9 Å². The number of allylic oxidation sites excluding steroid dienone is 2. The molecule has 0 aliphatic heterocycles. The van der Waals surface area contributed by atoms with E-state index in [1.165, 1.54) is 18.2 Å². The highest BCUT2D eigenvalue weighted by Crippen LogP contribution is 2.24. The fraction of sp³-hybridized carbons (Fsp3) is 0.400. The van der Waals surface area contributed by atoms with E-state index in [0.717, 1.165) is 5.76 Å². The van der Waals surface area contributed by atoms with Crippen LogP contribution in [0.3, 0.4) is 0 Å². The molecular weight excluding hydrogens is 327 g/mol. The van der Waals surface area contributed by atoms with Crippen LogP contribution in [0.2, 0.25) is 0 Å². The second-order valence-corrected chi connectivity index (χ2v) is 4.66. The number of rotatable bonds is 7. The van der Waals surface area contributed by atoms with Crippen LogP contribution in [0, 0.1) is 5.82 Å². The van der Waals surface area contributed by atoms with Gasteiger partial charge in [0.25, 0.3) is 0 Å². The molecule has 0 aliphatic rings. The number of carbonyl (C=O) groups excluding carboxylic acids is 1. The van der Waals surface area contributed by atoms with Crippen molar-refractivity contribution in [2.24, 2.45) is 0 Å². The molecular formula is C15H18BrFO3. The van der Waals surface area contributed by atoms with Crippen LogP contribution in [0.25, 0.3) is 0 Å². The summed E-state index contributed by atoms with van der Waals surface area (Å²) in [5.74, 6) is 0.441. The molecule has 5 heteroatoms. The van der Waals surface area contributed by atoms with Gasteiger partial charge < -0.3 is 9.47 Å². The number of alkyl halides is 1. The van der Waals surface area contributed by atoms with Gasteiger partial charge in [0.2, 0.25) is 0 Å². The Balaban J connectivity index is 2.95. The summed E-state index contributed by atoms with van der Waals surface area (Å²) in [7, 11) is 0. The molecule has 1 aromatic rings. The molecule has 0 bridgehead atoms. The SMILES string of the molecule is CCOC(=O)Cc1cc(F)ccc1O/C(=C/CBr)CC. The van der Waals surface area contributed by atoms with Crippen molar-refractivity contribution >= 4 is 21.9 Å². The molecule has 0 radical (unpaired) electrons. The van der Waals surface area contributed by atoms with E-state index < -0.39 is 11.8 Å². The Hall–Kier alpha value is -1.36. The van der Waals surface area contributed by atoms with Gasteiger partial charge in [-0.2, -0.15) is 0 Å². The minimum Gasteiger partial charge on any atom is -0.466 e. The predicted molar refractivity (Wildman–Crippen MR) is 79.5 cm³/mol. The molecule has 1 aromatic carbocycles. The normalized spacial score (nSPS) is 11.3. The molecule has 0 N–H and O–H groups in total. The number of hydrogen-bond acceptors (Lipinski definition) is 3. The third-order valence-electron chi connectivity index (χ3n) is 2.56. The number of hydrogen-bond donors (Lipinski definition) is 0. The molecule has 0 saturated heterocycles. The molecule has 0 amide bonds. The Morgan fingerprint density at radius 1 is 1.40 bits per heavy atom. The smallest absolute Gasteiger partial charge is 0.310 e. The summed E-state index contributed by atoms with van der Waals surface area (Å²) in [5.41, 5.74) is 0.484. The van der Waals surface area contributed by atoms with E-state index in [0.29, 0.717) is 29.7 Å². The number of ether oxygens (including phenoxy) is 2. The zero-order valence-electron chi connectivity index (χ0n) is 11.6. The van der Waals surface area contributed by atoms with E-state index in [-0.39, 0.29) is 6.42 Å². The number of carbonyl (C=O) groups is 1. The van der Waals surface area contributed by atoms with Crippen molar-refractivity contribution < 1.29 is 18.7 Å². The zero-order valence-corrected chi connectivity index (χ0v) is 13.2. The molecule has 0 aliphatic carbocycles. The first kappa shape index (κ1) is 16.7. The van der Waals surface area contributed by atoms with E-state index in [4.69, 9.17) is 9.47 Å². The largest absolute Gasteiger partial charge is 0.466 e. The Bertz CT molecular complexity index is 486. The Labute approximate surface area is 126 Å². The van der Waals surface area contributed by atoms with Crippen molar-refractivity contribution in [3.63, 3.8) is 0 Å². The second kappa shape index (κ2) is 8.74. The van der Waals surface area contributed by atoms with Crippen molar-refractivity contribution in [2.75, 3.05) is 11.9 Å². The van der Waals surface area contributed by atoms with E-state index in [1.807, 2.05) is 13.0 Å². The first-order valence-electron chi connectivity index (χ1n) is 6.47. The van der Waals surface area contributed by atoms with Crippen LogP contribution >= 0.6 is 15.9 Å². The summed E-state index contributed by atoms with van der Waals surface area (Å²) < 4.78 is 23.9. The van der Waals surface area contributed by atoms with Crippen molar-refractivity contribution in [3.05, 3.63) is 41.4 Å². The minimum absolute atomic E-state index is 0.00770. The monoisotopic (exact) mass is 344 g/mol. The molecule has 1 rings (SSSR count). The lowest BCUT2D eigenvalue weighted by molar-refractivity contribution is -0.142. The lowest BCUT2D eigenvalue weighted by Crippen LogP contribution is -2.09.